The number of amides is 1. The van der Waals surface area contributed by atoms with Crippen LogP contribution in [-0.2, 0) is 4.79 Å². The van der Waals surface area contributed by atoms with Crippen LogP contribution in [0.1, 0.15) is 27.7 Å². The number of anilines is 1. The van der Waals surface area contributed by atoms with Crippen LogP contribution in [0.4, 0.5) is 5.95 Å². The van der Waals surface area contributed by atoms with E-state index in [1.165, 1.54) is 0 Å². The summed E-state index contributed by atoms with van der Waals surface area (Å²) in [6.45, 7) is 7.38. The number of carbonyl (C=O) groups excluding carboxylic acids is 1. The predicted molar refractivity (Wildman–Crippen MR) is 104 cm³/mol. The first-order valence-electron chi connectivity index (χ1n) is 7.78. The lowest BCUT2D eigenvalue weighted by Gasteiger charge is -2.12. The van der Waals surface area contributed by atoms with Crippen LogP contribution >= 0.6 is 15.9 Å². The second kappa shape index (κ2) is 10.5. The highest BCUT2D eigenvalue weighted by Gasteiger charge is 2.13. The summed E-state index contributed by atoms with van der Waals surface area (Å²) in [6.07, 6.45) is 10.8. The monoisotopic (exact) mass is 406 g/mol. The molecule has 6 nitrogen and oxygen atoms in total. The number of nitrogens with zero attached hydrogens (tertiary/aromatic N) is 2. The second-order valence-corrected chi connectivity index (χ2v) is 5.74. The minimum Gasteiger partial charge on any atom is -0.437 e. The molecule has 0 aliphatic carbocycles. The first-order chi connectivity index (χ1) is 12.0. The summed E-state index contributed by atoms with van der Waals surface area (Å²) in [7, 11) is 1.57. The molecule has 134 valence electrons. The van der Waals surface area contributed by atoms with Gasteiger partial charge in [0.05, 0.1) is 16.2 Å². The molecule has 25 heavy (non-hydrogen) atoms. The molecule has 0 aromatic carbocycles. The van der Waals surface area contributed by atoms with Crippen LogP contribution in [0.2, 0.25) is 0 Å². The standard InChI is InChI=1S/C18H23BrN4O2/c1-6-9-13(8-3)22-18-21-11-14(19)17(23-18)25-15(10-7-2)12(4)16(24)20-5/h6-11H,1-5H3,(H,20,24)(H,21,22,23)/b9-6-,10-7-,13-8+,15-12-. The van der Waals surface area contributed by atoms with Crippen LogP contribution in [0.25, 0.3) is 0 Å². The lowest BCUT2D eigenvalue weighted by atomic mass is 10.2. The number of halogens is 1. The summed E-state index contributed by atoms with van der Waals surface area (Å²) in [4.78, 5) is 20.5. The maximum Gasteiger partial charge on any atom is 0.250 e. The Balaban J connectivity index is 3.19. The van der Waals surface area contributed by atoms with Crippen LogP contribution in [-0.4, -0.2) is 22.9 Å². The van der Waals surface area contributed by atoms with Gasteiger partial charge in [0.25, 0.3) is 0 Å². The van der Waals surface area contributed by atoms with Crippen molar-refractivity contribution in [2.45, 2.75) is 27.7 Å². The summed E-state index contributed by atoms with van der Waals surface area (Å²) in [5, 5.41) is 5.68. The molecule has 0 fully saturated rings. The van der Waals surface area contributed by atoms with Crippen molar-refractivity contribution in [1.29, 1.82) is 0 Å². The van der Waals surface area contributed by atoms with Crippen molar-refractivity contribution in [3.63, 3.8) is 0 Å². The van der Waals surface area contributed by atoms with E-state index < -0.39 is 0 Å². The summed E-state index contributed by atoms with van der Waals surface area (Å²) in [5.74, 6) is 0.888. The third kappa shape index (κ3) is 6.19. The van der Waals surface area contributed by atoms with Crippen LogP contribution in [0.15, 0.2) is 58.1 Å². The van der Waals surface area contributed by atoms with Crippen LogP contribution < -0.4 is 15.4 Å². The topological polar surface area (TPSA) is 76.1 Å². The highest BCUT2D eigenvalue weighted by molar-refractivity contribution is 9.10. The Morgan fingerprint density at radius 3 is 2.48 bits per heavy atom. The third-order valence-electron chi connectivity index (χ3n) is 3.09. The van der Waals surface area contributed by atoms with E-state index in [1.54, 1.807) is 32.3 Å². The quantitative estimate of drug-likeness (QED) is 0.404. The fourth-order valence-electron chi connectivity index (χ4n) is 1.79. The van der Waals surface area contributed by atoms with E-state index in [0.29, 0.717) is 27.6 Å². The van der Waals surface area contributed by atoms with Gasteiger partial charge < -0.3 is 15.4 Å². The Hall–Kier alpha value is -2.41. The Labute approximate surface area is 156 Å². The third-order valence-corrected chi connectivity index (χ3v) is 3.63. The van der Waals surface area contributed by atoms with E-state index in [-0.39, 0.29) is 5.91 Å². The molecular formula is C18H23BrN4O2. The highest BCUT2D eigenvalue weighted by atomic mass is 79.9. The van der Waals surface area contributed by atoms with Gasteiger partial charge >= 0.3 is 0 Å². The molecule has 1 aromatic rings. The molecule has 1 rings (SSSR count). The zero-order valence-electron chi connectivity index (χ0n) is 15.1. The molecule has 0 radical (unpaired) electrons. The summed E-state index contributed by atoms with van der Waals surface area (Å²) in [6, 6.07) is 0. The number of allylic oxidation sites excluding steroid dienone is 5. The van der Waals surface area contributed by atoms with E-state index >= 15 is 0 Å². The molecule has 0 aliphatic rings. The van der Waals surface area contributed by atoms with E-state index in [2.05, 4.69) is 36.5 Å². The molecule has 0 unspecified atom stereocenters. The maximum absolute atomic E-state index is 11.9. The lowest BCUT2D eigenvalue weighted by molar-refractivity contribution is -0.117. The van der Waals surface area contributed by atoms with E-state index in [0.717, 1.165) is 5.70 Å². The smallest absolute Gasteiger partial charge is 0.250 e. The Morgan fingerprint density at radius 1 is 1.24 bits per heavy atom. The average Bonchev–Trinajstić information content (AvgIpc) is 2.62. The lowest BCUT2D eigenvalue weighted by Crippen LogP contribution is -2.20. The van der Waals surface area contributed by atoms with Gasteiger partial charge in [-0.3, -0.25) is 4.79 Å². The Kier molecular flexibility index (Phi) is 8.63. The first-order valence-corrected chi connectivity index (χ1v) is 8.58. The van der Waals surface area contributed by atoms with Gasteiger partial charge in [0, 0.05) is 12.7 Å². The number of ether oxygens (including phenoxy) is 1. The van der Waals surface area contributed by atoms with Gasteiger partial charge in [-0.2, -0.15) is 4.98 Å². The first kappa shape index (κ1) is 20.6. The summed E-state index contributed by atoms with van der Waals surface area (Å²) in [5.41, 5.74) is 1.31. The molecule has 0 spiro atoms. The molecule has 0 atom stereocenters. The van der Waals surface area contributed by atoms with E-state index in [4.69, 9.17) is 4.74 Å². The minimum atomic E-state index is -0.221. The Bertz CT molecular complexity index is 737. The highest BCUT2D eigenvalue weighted by Crippen LogP contribution is 2.26. The largest absolute Gasteiger partial charge is 0.437 e. The van der Waals surface area contributed by atoms with Gasteiger partial charge in [-0.15, -0.1) is 0 Å². The van der Waals surface area contributed by atoms with Crippen molar-refractivity contribution in [3.8, 4) is 5.88 Å². The van der Waals surface area contributed by atoms with Gasteiger partial charge in [0.1, 0.15) is 5.76 Å². The molecule has 0 aliphatic heterocycles. The molecule has 7 heteroatoms. The molecule has 2 N–H and O–H groups in total. The zero-order chi connectivity index (χ0) is 18.8. The summed E-state index contributed by atoms with van der Waals surface area (Å²) < 4.78 is 6.42. The normalized spacial score (nSPS) is 13.1. The van der Waals surface area contributed by atoms with Crippen molar-refractivity contribution < 1.29 is 9.53 Å². The Morgan fingerprint density at radius 2 is 1.92 bits per heavy atom. The van der Waals surface area contributed by atoms with Gasteiger partial charge in [0.2, 0.25) is 17.7 Å². The number of nitrogens with one attached hydrogen (secondary N) is 2. The van der Waals surface area contributed by atoms with Crippen molar-refractivity contribution in [2.75, 3.05) is 12.4 Å². The second-order valence-electron chi connectivity index (χ2n) is 4.89. The van der Waals surface area contributed by atoms with Gasteiger partial charge in [-0.1, -0.05) is 18.2 Å². The van der Waals surface area contributed by atoms with Gasteiger partial charge in [0.15, 0.2) is 0 Å². The maximum atomic E-state index is 11.9. The van der Waals surface area contributed by atoms with E-state index in [9.17, 15) is 4.79 Å². The van der Waals surface area contributed by atoms with Gasteiger partial charge in [-0.25, -0.2) is 4.98 Å². The van der Waals surface area contributed by atoms with Crippen molar-refractivity contribution in [1.82, 2.24) is 15.3 Å². The number of carbonyl (C=O) groups is 1. The van der Waals surface area contributed by atoms with E-state index in [1.807, 2.05) is 39.0 Å². The minimum absolute atomic E-state index is 0.221. The molecule has 1 aromatic heterocycles. The van der Waals surface area contributed by atoms with Crippen molar-refractivity contribution >= 4 is 27.8 Å². The zero-order valence-corrected chi connectivity index (χ0v) is 16.6. The molecule has 1 heterocycles. The molecule has 0 saturated heterocycles. The number of hydrogen-bond acceptors (Lipinski definition) is 5. The van der Waals surface area contributed by atoms with Crippen molar-refractivity contribution in [2.24, 2.45) is 0 Å². The molecule has 0 bridgehead atoms. The van der Waals surface area contributed by atoms with Crippen LogP contribution in [0.3, 0.4) is 0 Å². The fourth-order valence-corrected chi connectivity index (χ4v) is 2.06. The van der Waals surface area contributed by atoms with Crippen LogP contribution in [0.5, 0.6) is 5.88 Å². The number of hydrogen-bond donors (Lipinski definition) is 2. The predicted octanol–water partition coefficient (Wildman–Crippen LogP) is 4.11. The number of rotatable bonds is 7. The number of likely N-dealkylation sites (N-methyl/N-ethyl adjacent to an activating group) is 1. The van der Waals surface area contributed by atoms with Gasteiger partial charge in [-0.05, 0) is 55.8 Å². The average molecular weight is 407 g/mol. The molecule has 0 saturated carbocycles. The molecule has 1 amide bonds. The van der Waals surface area contributed by atoms with Crippen LogP contribution in [0, 0.1) is 0 Å². The summed E-state index contributed by atoms with van der Waals surface area (Å²) >= 11 is 3.37. The SMILES string of the molecule is C/C=C\C(Oc1nc(NC(/C=C\C)=C/C)ncc1Br)=C(/C)C(=O)NC. The molecular weight excluding hydrogens is 384 g/mol. The van der Waals surface area contributed by atoms with Crippen molar-refractivity contribution in [3.05, 3.63) is 58.1 Å². The fraction of sp³-hybridized carbons (Fsp3) is 0.278. The number of aromatic nitrogens is 2.